The SMILES string of the molecule is Cc1ccc(-c2nc(SCCC(=O)Nc3nc(-c4ccc(Cl)cc4)cs3)[nH]c2-c2ccc(C)cc2)cc1. The molecule has 5 rings (SSSR count). The lowest BCUT2D eigenvalue weighted by molar-refractivity contribution is -0.115. The summed E-state index contributed by atoms with van der Waals surface area (Å²) in [5, 5.41) is 6.89. The molecule has 0 saturated heterocycles. The lowest BCUT2D eigenvalue weighted by Gasteiger charge is -2.04. The number of nitrogens with zero attached hydrogens (tertiary/aromatic N) is 2. The summed E-state index contributed by atoms with van der Waals surface area (Å²) in [5.41, 5.74) is 8.22. The van der Waals surface area contributed by atoms with Gasteiger partial charge >= 0.3 is 0 Å². The van der Waals surface area contributed by atoms with Gasteiger partial charge in [-0.2, -0.15) is 0 Å². The van der Waals surface area contributed by atoms with Crippen molar-refractivity contribution in [2.75, 3.05) is 11.1 Å². The van der Waals surface area contributed by atoms with E-state index in [1.807, 2.05) is 29.6 Å². The van der Waals surface area contributed by atoms with Crippen molar-refractivity contribution in [2.24, 2.45) is 0 Å². The number of amides is 1. The third kappa shape index (κ3) is 6.31. The van der Waals surface area contributed by atoms with Gasteiger partial charge in [-0.1, -0.05) is 95.2 Å². The van der Waals surface area contributed by atoms with Crippen LogP contribution in [0.4, 0.5) is 5.13 Å². The molecule has 2 heterocycles. The second-order valence-corrected chi connectivity index (χ2v) is 11.1. The molecule has 37 heavy (non-hydrogen) atoms. The molecule has 2 N–H and O–H groups in total. The summed E-state index contributed by atoms with van der Waals surface area (Å²) >= 11 is 8.91. The Balaban J connectivity index is 1.24. The Hall–Kier alpha value is -3.39. The van der Waals surface area contributed by atoms with Crippen LogP contribution in [0.5, 0.6) is 0 Å². The van der Waals surface area contributed by atoms with Crippen LogP contribution < -0.4 is 5.32 Å². The predicted molar refractivity (Wildman–Crippen MR) is 155 cm³/mol. The minimum atomic E-state index is -0.0754. The van der Waals surface area contributed by atoms with Crippen LogP contribution >= 0.6 is 34.7 Å². The number of aromatic nitrogens is 3. The van der Waals surface area contributed by atoms with Gasteiger partial charge < -0.3 is 10.3 Å². The van der Waals surface area contributed by atoms with Gasteiger partial charge in [0.15, 0.2) is 10.3 Å². The second-order valence-electron chi connectivity index (χ2n) is 8.69. The molecule has 186 valence electrons. The summed E-state index contributed by atoms with van der Waals surface area (Å²) < 4.78 is 0. The number of anilines is 1. The highest BCUT2D eigenvalue weighted by Crippen LogP contribution is 2.33. The van der Waals surface area contributed by atoms with E-state index in [1.165, 1.54) is 34.2 Å². The number of carbonyl (C=O) groups is 1. The molecular formula is C29H25ClN4OS2. The Bertz CT molecular complexity index is 1440. The standard InChI is InChI=1S/C29H25ClN4OS2/c1-18-3-7-21(8-4-18)26-27(22-9-5-19(2)6-10-22)34-29(33-26)36-16-15-25(35)32-28-31-24(17-37-28)20-11-13-23(30)14-12-20/h3-14,17H,15-16H2,1-2H3,(H,33,34)(H,31,32,35). The number of thioether (sulfide) groups is 1. The van der Waals surface area contributed by atoms with E-state index in [0.717, 1.165) is 38.9 Å². The predicted octanol–water partition coefficient (Wildman–Crippen LogP) is 8.26. The molecule has 0 spiro atoms. The Morgan fingerprint density at radius 2 is 1.51 bits per heavy atom. The second kappa shape index (κ2) is 11.3. The number of rotatable bonds is 8. The van der Waals surface area contributed by atoms with E-state index in [1.54, 1.807) is 0 Å². The minimum Gasteiger partial charge on any atom is -0.332 e. The summed E-state index contributed by atoms with van der Waals surface area (Å²) in [5.74, 6) is 0.517. The van der Waals surface area contributed by atoms with E-state index in [0.29, 0.717) is 22.3 Å². The Labute approximate surface area is 229 Å². The van der Waals surface area contributed by atoms with Crippen molar-refractivity contribution >= 4 is 45.7 Å². The van der Waals surface area contributed by atoms with Crippen molar-refractivity contribution < 1.29 is 4.79 Å². The van der Waals surface area contributed by atoms with Crippen LogP contribution in [-0.2, 0) is 4.79 Å². The van der Waals surface area contributed by atoms with E-state index in [4.69, 9.17) is 16.6 Å². The highest BCUT2D eigenvalue weighted by atomic mass is 35.5. The highest BCUT2D eigenvalue weighted by molar-refractivity contribution is 7.99. The van der Waals surface area contributed by atoms with E-state index >= 15 is 0 Å². The minimum absolute atomic E-state index is 0.0754. The molecule has 2 aromatic heterocycles. The molecule has 5 aromatic rings. The normalized spacial score (nSPS) is 11.0. The molecule has 0 aliphatic carbocycles. The molecule has 0 atom stereocenters. The zero-order chi connectivity index (χ0) is 25.8. The molecule has 0 aliphatic heterocycles. The first-order valence-electron chi connectivity index (χ1n) is 11.8. The maximum absolute atomic E-state index is 12.6. The van der Waals surface area contributed by atoms with Gasteiger partial charge in [0.2, 0.25) is 5.91 Å². The average Bonchev–Trinajstić information content (AvgIpc) is 3.53. The van der Waals surface area contributed by atoms with Crippen LogP contribution in [-0.4, -0.2) is 26.6 Å². The third-order valence-corrected chi connectivity index (χ3v) is 7.69. The van der Waals surface area contributed by atoms with Gasteiger partial charge in [-0.3, -0.25) is 4.79 Å². The quantitative estimate of drug-likeness (QED) is 0.193. The van der Waals surface area contributed by atoms with Crippen LogP contribution in [0.15, 0.2) is 83.3 Å². The van der Waals surface area contributed by atoms with E-state index < -0.39 is 0 Å². The van der Waals surface area contributed by atoms with Gasteiger partial charge in [-0.05, 0) is 26.0 Å². The van der Waals surface area contributed by atoms with Crippen LogP contribution in [0.1, 0.15) is 17.5 Å². The molecule has 3 aromatic carbocycles. The van der Waals surface area contributed by atoms with Crippen molar-refractivity contribution in [3.05, 3.63) is 94.3 Å². The van der Waals surface area contributed by atoms with Gasteiger partial charge in [-0.15, -0.1) is 11.3 Å². The Morgan fingerprint density at radius 3 is 2.19 bits per heavy atom. The van der Waals surface area contributed by atoms with Gasteiger partial charge in [-0.25, -0.2) is 9.97 Å². The maximum Gasteiger partial charge on any atom is 0.226 e. The van der Waals surface area contributed by atoms with Gasteiger partial charge in [0.05, 0.1) is 17.1 Å². The lowest BCUT2D eigenvalue weighted by atomic mass is 10.0. The van der Waals surface area contributed by atoms with E-state index in [9.17, 15) is 4.79 Å². The van der Waals surface area contributed by atoms with Crippen molar-refractivity contribution in [2.45, 2.75) is 25.4 Å². The van der Waals surface area contributed by atoms with Crippen molar-refractivity contribution in [1.29, 1.82) is 0 Å². The summed E-state index contributed by atoms with van der Waals surface area (Å²) in [6, 6.07) is 24.3. The Morgan fingerprint density at radius 1 is 0.892 bits per heavy atom. The number of imidazole rings is 1. The fourth-order valence-corrected chi connectivity index (χ4v) is 5.45. The first kappa shape index (κ1) is 25.3. The van der Waals surface area contributed by atoms with E-state index in [-0.39, 0.29) is 5.91 Å². The van der Waals surface area contributed by atoms with Gasteiger partial charge in [0.25, 0.3) is 0 Å². The van der Waals surface area contributed by atoms with Gasteiger partial charge in [0, 0.05) is 39.3 Å². The summed E-state index contributed by atoms with van der Waals surface area (Å²) in [6.07, 6.45) is 0.348. The van der Waals surface area contributed by atoms with Crippen LogP contribution in [0.2, 0.25) is 5.02 Å². The van der Waals surface area contributed by atoms with Crippen molar-refractivity contribution in [3.8, 4) is 33.8 Å². The fourth-order valence-electron chi connectivity index (χ4n) is 3.78. The zero-order valence-corrected chi connectivity index (χ0v) is 22.8. The summed E-state index contributed by atoms with van der Waals surface area (Å²) in [7, 11) is 0. The topological polar surface area (TPSA) is 70.7 Å². The Kier molecular flexibility index (Phi) is 7.74. The molecule has 1 amide bonds. The largest absolute Gasteiger partial charge is 0.332 e. The number of nitrogens with one attached hydrogen (secondary N) is 2. The smallest absolute Gasteiger partial charge is 0.226 e. The first-order chi connectivity index (χ1) is 17.9. The number of aryl methyl sites for hydroxylation is 2. The number of carbonyl (C=O) groups excluding carboxylic acids is 1. The molecule has 0 aliphatic rings. The maximum atomic E-state index is 12.6. The first-order valence-corrected chi connectivity index (χ1v) is 14.1. The third-order valence-electron chi connectivity index (χ3n) is 5.81. The van der Waals surface area contributed by atoms with Crippen LogP contribution in [0, 0.1) is 13.8 Å². The van der Waals surface area contributed by atoms with Crippen LogP contribution in [0.25, 0.3) is 33.8 Å². The average molecular weight is 545 g/mol. The molecule has 0 fully saturated rings. The van der Waals surface area contributed by atoms with Crippen LogP contribution in [0.3, 0.4) is 0 Å². The molecule has 5 nitrogen and oxygen atoms in total. The zero-order valence-electron chi connectivity index (χ0n) is 20.4. The lowest BCUT2D eigenvalue weighted by Crippen LogP contribution is -2.12. The molecule has 0 unspecified atom stereocenters. The number of H-pyrrole nitrogens is 1. The van der Waals surface area contributed by atoms with Gasteiger partial charge in [0.1, 0.15) is 0 Å². The van der Waals surface area contributed by atoms with E-state index in [2.05, 4.69) is 77.7 Å². The van der Waals surface area contributed by atoms with Crippen molar-refractivity contribution in [3.63, 3.8) is 0 Å². The molecule has 0 radical (unpaired) electrons. The molecule has 0 saturated carbocycles. The number of thiazole rings is 1. The molecule has 0 bridgehead atoms. The highest BCUT2D eigenvalue weighted by Gasteiger charge is 2.15. The van der Waals surface area contributed by atoms with Crippen molar-refractivity contribution in [1.82, 2.24) is 15.0 Å². The number of aromatic amines is 1. The monoisotopic (exact) mass is 544 g/mol. The number of benzene rings is 3. The molecular weight excluding hydrogens is 520 g/mol. The summed E-state index contributed by atoms with van der Waals surface area (Å²) in [4.78, 5) is 25.5. The molecule has 8 heteroatoms. The number of hydrogen-bond acceptors (Lipinski definition) is 5. The fraction of sp³-hybridized carbons (Fsp3) is 0.138. The number of halogens is 1. The number of hydrogen-bond donors (Lipinski definition) is 2. The summed E-state index contributed by atoms with van der Waals surface area (Å²) in [6.45, 7) is 4.15.